The number of ether oxygens (including phenoxy) is 1. The van der Waals surface area contributed by atoms with Gasteiger partial charge in [0.15, 0.2) is 34.7 Å². The second kappa shape index (κ2) is 9.15. The minimum atomic E-state index is -2.19. The van der Waals surface area contributed by atoms with Gasteiger partial charge in [-0.25, -0.2) is 9.67 Å². The molecule has 0 saturated carbocycles. The van der Waals surface area contributed by atoms with Crippen LogP contribution in [0.5, 0.6) is 0 Å². The number of fused-ring (bicyclic) bond motifs is 1. The molecule has 37 heavy (non-hydrogen) atoms. The normalized spacial score (nSPS) is 17.6. The van der Waals surface area contributed by atoms with Gasteiger partial charge < -0.3 is 30.3 Å². The number of aliphatic hydroxyl groups is 1. The minimum absolute atomic E-state index is 0.0915. The Hall–Kier alpha value is -4.56. The van der Waals surface area contributed by atoms with Crippen LogP contribution in [0, 0.1) is 0 Å². The van der Waals surface area contributed by atoms with Crippen LogP contribution in [-0.2, 0) is 14.3 Å². The number of rotatable bonds is 6. The number of nitrogens with zero attached hydrogens (tertiary/aromatic N) is 7. The van der Waals surface area contributed by atoms with Gasteiger partial charge in [0.25, 0.3) is 11.8 Å². The number of benzene rings is 1. The Balaban J connectivity index is 1.33. The summed E-state index contributed by atoms with van der Waals surface area (Å²) in [5.41, 5.74) is 4.22. The van der Waals surface area contributed by atoms with Gasteiger partial charge in [0.1, 0.15) is 0 Å². The second-order valence-electron chi connectivity index (χ2n) is 8.85. The number of carbonyl (C=O) groups is 2. The van der Waals surface area contributed by atoms with Crippen molar-refractivity contribution in [1.82, 2.24) is 24.9 Å². The molecule has 14 heteroatoms. The summed E-state index contributed by atoms with van der Waals surface area (Å²) >= 11 is 0. The Morgan fingerprint density at radius 3 is 2.86 bits per heavy atom. The highest BCUT2D eigenvalue weighted by atomic mass is 16.5. The van der Waals surface area contributed by atoms with Crippen LogP contribution in [-0.4, -0.2) is 80.8 Å². The number of hydrogen-bond acceptors (Lipinski definition) is 11. The van der Waals surface area contributed by atoms with Crippen LogP contribution in [0.15, 0.2) is 47.2 Å². The Morgan fingerprint density at radius 2 is 2.08 bits per heavy atom. The Morgan fingerprint density at radius 1 is 1.27 bits per heavy atom. The number of amides is 2. The topological polar surface area (TPSA) is 178 Å². The predicted octanol–water partition coefficient (Wildman–Crippen LogP) is 0.573. The van der Waals surface area contributed by atoms with Crippen LogP contribution in [0.4, 0.5) is 23.3 Å². The molecule has 0 bridgehead atoms. The van der Waals surface area contributed by atoms with Gasteiger partial charge in [-0.15, -0.1) is 5.10 Å². The first-order valence-corrected chi connectivity index (χ1v) is 11.3. The maximum atomic E-state index is 13.3. The summed E-state index contributed by atoms with van der Waals surface area (Å²) in [6.45, 7) is 1.51. The number of nitrogens with two attached hydrogens (primary N) is 1. The van der Waals surface area contributed by atoms with Gasteiger partial charge in [-0.05, 0) is 19.1 Å². The zero-order chi connectivity index (χ0) is 26.3. The van der Waals surface area contributed by atoms with Crippen LogP contribution in [0.2, 0.25) is 0 Å². The van der Waals surface area contributed by atoms with Crippen molar-refractivity contribution in [2.24, 2.45) is 0 Å². The summed E-state index contributed by atoms with van der Waals surface area (Å²) < 4.78 is 12.2. The molecule has 2 amide bonds. The highest BCUT2D eigenvalue weighted by molar-refractivity contribution is 6.06. The molecule has 14 nitrogen and oxygen atoms in total. The molecule has 4 aromatic rings. The molecule has 4 N–H and O–H groups in total. The molecule has 0 spiro atoms. The first-order chi connectivity index (χ1) is 17.6. The number of morpholine rings is 1. The Labute approximate surface area is 210 Å². The SMILES string of the molecule is CN(C)c1nccc(-n2ccc(N3CCOC(C(C)(O)C(=O)Nc4ccc5c(N)noc5c4)C3=O)n2)n1. The van der Waals surface area contributed by atoms with Crippen molar-refractivity contribution >= 4 is 46.1 Å². The molecule has 1 fully saturated rings. The molecule has 1 aromatic carbocycles. The zero-order valence-electron chi connectivity index (χ0n) is 20.3. The van der Waals surface area contributed by atoms with Gasteiger partial charge in [0.05, 0.1) is 18.5 Å². The molecular weight excluding hydrogens is 482 g/mol. The van der Waals surface area contributed by atoms with Crippen molar-refractivity contribution in [2.75, 3.05) is 48.1 Å². The largest absolute Gasteiger partial charge is 0.380 e. The molecule has 3 aromatic heterocycles. The number of aromatic nitrogens is 5. The predicted molar refractivity (Wildman–Crippen MR) is 133 cm³/mol. The van der Waals surface area contributed by atoms with Gasteiger partial charge in [0, 0.05) is 50.4 Å². The fourth-order valence-electron chi connectivity index (χ4n) is 3.89. The smallest absolute Gasteiger partial charge is 0.260 e. The van der Waals surface area contributed by atoms with E-state index in [-0.39, 0.29) is 19.0 Å². The van der Waals surface area contributed by atoms with Crippen molar-refractivity contribution in [1.29, 1.82) is 0 Å². The van der Waals surface area contributed by atoms with E-state index in [9.17, 15) is 14.7 Å². The summed E-state index contributed by atoms with van der Waals surface area (Å²) in [5, 5.41) is 22.4. The van der Waals surface area contributed by atoms with Crippen molar-refractivity contribution in [3.8, 4) is 5.82 Å². The van der Waals surface area contributed by atoms with E-state index in [1.54, 1.807) is 41.6 Å². The van der Waals surface area contributed by atoms with E-state index in [4.69, 9.17) is 15.0 Å². The minimum Gasteiger partial charge on any atom is -0.380 e. The monoisotopic (exact) mass is 507 g/mol. The van der Waals surface area contributed by atoms with E-state index in [2.05, 4.69) is 25.5 Å². The molecule has 5 rings (SSSR count). The van der Waals surface area contributed by atoms with Crippen molar-refractivity contribution in [3.05, 3.63) is 42.7 Å². The molecule has 1 aliphatic heterocycles. The molecule has 2 atom stereocenters. The molecule has 1 aliphatic rings. The zero-order valence-corrected chi connectivity index (χ0v) is 20.3. The third kappa shape index (κ3) is 4.43. The number of nitrogens with one attached hydrogen (secondary N) is 1. The average Bonchev–Trinajstić information content (AvgIpc) is 3.51. The van der Waals surface area contributed by atoms with Crippen LogP contribution in [0.3, 0.4) is 0 Å². The summed E-state index contributed by atoms with van der Waals surface area (Å²) in [6.07, 6.45) is 1.81. The Bertz CT molecular complexity index is 1480. The van der Waals surface area contributed by atoms with Gasteiger partial charge in [0.2, 0.25) is 5.95 Å². The summed E-state index contributed by atoms with van der Waals surface area (Å²) in [7, 11) is 3.65. The molecule has 0 aliphatic carbocycles. The van der Waals surface area contributed by atoms with E-state index < -0.39 is 23.5 Å². The summed E-state index contributed by atoms with van der Waals surface area (Å²) in [4.78, 5) is 38.1. The maximum absolute atomic E-state index is 13.3. The van der Waals surface area contributed by atoms with E-state index in [1.807, 2.05) is 14.1 Å². The lowest BCUT2D eigenvalue weighted by molar-refractivity contribution is -0.165. The van der Waals surface area contributed by atoms with Crippen LogP contribution in [0.1, 0.15) is 6.92 Å². The number of carbonyl (C=O) groups excluding carboxylic acids is 2. The standard InChI is InChI=1S/C23H25N9O5/c1-23(35,21(34)26-13-4-5-14-15(12-13)37-29-19(14)24)18-20(33)31(10-11-36-18)17-7-9-32(28-17)16-6-8-25-22(27-16)30(2)3/h4-9,12,18,35H,10-11H2,1-3H3,(H2,24,29)(H,26,34). The average molecular weight is 508 g/mol. The highest BCUT2D eigenvalue weighted by Gasteiger charge is 2.49. The fraction of sp³-hybridized carbons (Fsp3) is 0.304. The van der Waals surface area contributed by atoms with E-state index >= 15 is 0 Å². The van der Waals surface area contributed by atoms with Crippen molar-refractivity contribution in [2.45, 2.75) is 18.6 Å². The number of hydrogen-bond donors (Lipinski definition) is 3. The van der Waals surface area contributed by atoms with E-state index in [0.29, 0.717) is 34.2 Å². The van der Waals surface area contributed by atoms with Gasteiger partial charge in [-0.3, -0.25) is 14.5 Å². The lowest BCUT2D eigenvalue weighted by Crippen LogP contribution is -2.61. The molecule has 2 unspecified atom stereocenters. The second-order valence-corrected chi connectivity index (χ2v) is 8.85. The van der Waals surface area contributed by atoms with Crippen molar-refractivity contribution in [3.63, 3.8) is 0 Å². The highest BCUT2D eigenvalue weighted by Crippen LogP contribution is 2.27. The lowest BCUT2D eigenvalue weighted by atomic mass is 9.95. The van der Waals surface area contributed by atoms with Gasteiger partial charge >= 0.3 is 0 Å². The molecule has 0 radical (unpaired) electrons. The maximum Gasteiger partial charge on any atom is 0.260 e. The van der Waals surface area contributed by atoms with Crippen LogP contribution >= 0.6 is 0 Å². The van der Waals surface area contributed by atoms with E-state index in [0.717, 1.165) is 0 Å². The Kier molecular flexibility index (Phi) is 5.97. The van der Waals surface area contributed by atoms with Crippen molar-refractivity contribution < 1.29 is 24.0 Å². The first kappa shape index (κ1) is 24.1. The van der Waals surface area contributed by atoms with Crippen LogP contribution in [0.25, 0.3) is 16.8 Å². The lowest BCUT2D eigenvalue weighted by Gasteiger charge is -2.37. The van der Waals surface area contributed by atoms with Gasteiger partial charge in [-0.1, -0.05) is 5.16 Å². The number of nitrogen functional groups attached to an aromatic ring is 1. The third-order valence-electron chi connectivity index (χ3n) is 5.93. The molecular formula is C23H25N9O5. The quantitative estimate of drug-likeness (QED) is 0.332. The molecule has 4 heterocycles. The van der Waals surface area contributed by atoms with Crippen LogP contribution < -0.4 is 20.9 Å². The third-order valence-corrected chi connectivity index (χ3v) is 5.93. The summed E-state index contributed by atoms with van der Waals surface area (Å²) in [6, 6.07) is 8.06. The molecule has 1 saturated heterocycles. The molecule has 192 valence electrons. The van der Waals surface area contributed by atoms with Gasteiger partial charge in [-0.2, -0.15) is 4.98 Å². The van der Waals surface area contributed by atoms with E-state index in [1.165, 1.54) is 22.6 Å². The number of anilines is 4. The summed E-state index contributed by atoms with van der Waals surface area (Å²) in [5.74, 6) is 0.132. The first-order valence-electron chi connectivity index (χ1n) is 11.3. The fourth-order valence-corrected chi connectivity index (χ4v) is 3.89.